The minimum absolute atomic E-state index is 0.240. The van der Waals surface area contributed by atoms with E-state index in [0.717, 1.165) is 4.90 Å². The summed E-state index contributed by atoms with van der Waals surface area (Å²) < 4.78 is 5.32. The van der Waals surface area contributed by atoms with Crippen molar-refractivity contribution in [3.05, 3.63) is 28.2 Å². The molecule has 0 radical (unpaired) electrons. The maximum atomic E-state index is 10.5. The summed E-state index contributed by atoms with van der Waals surface area (Å²) in [5.41, 5.74) is 0. The Kier molecular flexibility index (Phi) is 4.71. The molecule has 1 rings (SSSR count). The van der Waals surface area contributed by atoms with Crippen LogP contribution in [0.2, 0.25) is 10.0 Å². The highest BCUT2D eigenvalue weighted by atomic mass is 35.5. The van der Waals surface area contributed by atoms with Crippen molar-refractivity contribution in [3.8, 4) is 5.75 Å². The summed E-state index contributed by atoms with van der Waals surface area (Å²) >= 11 is 11.6. The molecule has 0 aliphatic rings. The van der Waals surface area contributed by atoms with Crippen LogP contribution in [0.15, 0.2) is 18.2 Å². The summed E-state index contributed by atoms with van der Waals surface area (Å²) in [5.74, 6) is 0.491. The predicted molar refractivity (Wildman–Crippen MR) is 62.6 cm³/mol. The van der Waals surface area contributed by atoms with Gasteiger partial charge in [0.15, 0.2) is 0 Å². The average Bonchev–Trinajstić information content (AvgIpc) is 2.20. The van der Waals surface area contributed by atoms with Crippen LogP contribution in [0.1, 0.15) is 0 Å². The second-order valence-corrected chi connectivity index (χ2v) is 3.97. The van der Waals surface area contributed by atoms with E-state index in [1.165, 1.54) is 7.05 Å². The smallest absolute Gasteiger partial charge is 0.407 e. The van der Waals surface area contributed by atoms with Gasteiger partial charge in [0, 0.05) is 12.1 Å². The van der Waals surface area contributed by atoms with Crippen molar-refractivity contribution in [2.24, 2.45) is 0 Å². The van der Waals surface area contributed by atoms with Gasteiger partial charge in [-0.1, -0.05) is 23.2 Å². The molecule has 4 nitrogen and oxygen atoms in total. The molecule has 1 aromatic carbocycles. The first-order chi connectivity index (χ1) is 7.50. The van der Waals surface area contributed by atoms with Gasteiger partial charge in [0.05, 0.1) is 11.6 Å². The van der Waals surface area contributed by atoms with E-state index in [0.29, 0.717) is 15.8 Å². The predicted octanol–water partition coefficient (Wildman–Crippen LogP) is 2.98. The molecule has 0 fully saturated rings. The zero-order valence-electron chi connectivity index (χ0n) is 8.61. The van der Waals surface area contributed by atoms with Crippen LogP contribution < -0.4 is 4.74 Å². The highest BCUT2D eigenvalue weighted by molar-refractivity contribution is 6.35. The quantitative estimate of drug-likeness (QED) is 0.909. The molecular weight excluding hydrogens is 253 g/mol. The van der Waals surface area contributed by atoms with Crippen LogP contribution in [0, 0.1) is 0 Å². The zero-order valence-corrected chi connectivity index (χ0v) is 10.1. The molecule has 0 saturated carbocycles. The third-order valence-corrected chi connectivity index (χ3v) is 2.44. The van der Waals surface area contributed by atoms with Gasteiger partial charge >= 0.3 is 6.09 Å². The number of halogens is 2. The van der Waals surface area contributed by atoms with E-state index < -0.39 is 6.09 Å². The van der Waals surface area contributed by atoms with Crippen molar-refractivity contribution in [1.29, 1.82) is 0 Å². The number of hydrogen-bond donors (Lipinski definition) is 1. The lowest BCUT2D eigenvalue weighted by Gasteiger charge is -2.14. The lowest BCUT2D eigenvalue weighted by molar-refractivity contribution is 0.147. The number of carboxylic acid groups (broad SMARTS) is 1. The Bertz CT molecular complexity index is 384. The summed E-state index contributed by atoms with van der Waals surface area (Å²) in [6.45, 7) is 0.512. The average molecular weight is 264 g/mol. The fourth-order valence-corrected chi connectivity index (χ4v) is 1.44. The van der Waals surface area contributed by atoms with Gasteiger partial charge in [0.2, 0.25) is 0 Å². The Morgan fingerprint density at radius 1 is 1.50 bits per heavy atom. The van der Waals surface area contributed by atoms with E-state index in [-0.39, 0.29) is 13.2 Å². The fraction of sp³-hybridized carbons (Fsp3) is 0.300. The third kappa shape index (κ3) is 3.79. The summed E-state index contributed by atoms with van der Waals surface area (Å²) in [6.07, 6.45) is -0.995. The lowest BCUT2D eigenvalue weighted by atomic mass is 10.3. The topological polar surface area (TPSA) is 49.8 Å². The number of rotatable bonds is 4. The van der Waals surface area contributed by atoms with Gasteiger partial charge in [-0.25, -0.2) is 4.79 Å². The number of amides is 1. The number of carbonyl (C=O) groups is 1. The van der Waals surface area contributed by atoms with Crippen LogP contribution in [0.4, 0.5) is 4.79 Å². The van der Waals surface area contributed by atoms with Crippen molar-refractivity contribution < 1.29 is 14.6 Å². The van der Waals surface area contributed by atoms with Crippen LogP contribution in [-0.2, 0) is 0 Å². The molecule has 6 heteroatoms. The first kappa shape index (κ1) is 12.9. The zero-order chi connectivity index (χ0) is 12.1. The molecule has 0 aromatic heterocycles. The normalized spacial score (nSPS) is 9.94. The van der Waals surface area contributed by atoms with Crippen molar-refractivity contribution in [3.63, 3.8) is 0 Å². The van der Waals surface area contributed by atoms with Crippen molar-refractivity contribution in [2.75, 3.05) is 20.2 Å². The van der Waals surface area contributed by atoms with E-state index in [1.54, 1.807) is 18.2 Å². The second kappa shape index (κ2) is 5.82. The molecular formula is C10H11Cl2NO3. The fourth-order valence-electron chi connectivity index (χ4n) is 0.980. The molecule has 1 amide bonds. The van der Waals surface area contributed by atoms with Gasteiger partial charge in [-0.05, 0) is 18.2 Å². The van der Waals surface area contributed by atoms with Crippen LogP contribution in [-0.4, -0.2) is 36.3 Å². The second-order valence-electron chi connectivity index (χ2n) is 3.13. The Morgan fingerprint density at radius 3 is 2.75 bits per heavy atom. The van der Waals surface area contributed by atoms with Gasteiger partial charge in [-0.15, -0.1) is 0 Å². The molecule has 88 valence electrons. The van der Waals surface area contributed by atoms with E-state index in [2.05, 4.69) is 0 Å². The SMILES string of the molecule is CN(CCOc1ccc(Cl)cc1Cl)C(=O)O. The van der Waals surface area contributed by atoms with Gasteiger partial charge < -0.3 is 14.7 Å². The molecule has 0 aliphatic heterocycles. The first-order valence-electron chi connectivity index (χ1n) is 4.52. The molecule has 0 aliphatic carbocycles. The van der Waals surface area contributed by atoms with E-state index in [9.17, 15) is 4.79 Å². The highest BCUT2D eigenvalue weighted by Crippen LogP contribution is 2.27. The maximum absolute atomic E-state index is 10.5. The number of nitrogens with zero attached hydrogens (tertiary/aromatic N) is 1. The Balaban J connectivity index is 2.46. The summed E-state index contributed by atoms with van der Waals surface area (Å²) in [6, 6.07) is 4.87. The number of ether oxygens (including phenoxy) is 1. The Labute approximate surface area is 103 Å². The number of likely N-dealkylation sites (N-methyl/N-ethyl adjacent to an activating group) is 1. The van der Waals surface area contributed by atoms with Gasteiger partial charge in [0.1, 0.15) is 12.4 Å². The summed E-state index contributed by atoms with van der Waals surface area (Å²) in [5, 5.41) is 9.53. The number of benzene rings is 1. The largest absolute Gasteiger partial charge is 0.490 e. The Morgan fingerprint density at radius 2 is 2.19 bits per heavy atom. The van der Waals surface area contributed by atoms with Gasteiger partial charge in [-0.2, -0.15) is 0 Å². The summed E-state index contributed by atoms with van der Waals surface area (Å²) in [4.78, 5) is 11.6. The first-order valence-corrected chi connectivity index (χ1v) is 5.28. The molecule has 0 atom stereocenters. The molecule has 0 heterocycles. The maximum Gasteiger partial charge on any atom is 0.407 e. The molecule has 0 spiro atoms. The van der Waals surface area contributed by atoms with Crippen LogP contribution in [0.25, 0.3) is 0 Å². The summed E-state index contributed by atoms with van der Waals surface area (Å²) in [7, 11) is 1.47. The minimum atomic E-state index is -0.995. The molecule has 0 unspecified atom stereocenters. The lowest BCUT2D eigenvalue weighted by Crippen LogP contribution is -2.29. The minimum Gasteiger partial charge on any atom is -0.490 e. The highest BCUT2D eigenvalue weighted by Gasteiger charge is 2.06. The standard InChI is InChI=1S/C10H11Cl2NO3/c1-13(10(14)15)4-5-16-9-3-2-7(11)6-8(9)12/h2-3,6H,4-5H2,1H3,(H,14,15). The van der Waals surface area contributed by atoms with Crippen LogP contribution in [0.5, 0.6) is 5.75 Å². The number of hydrogen-bond acceptors (Lipinski definition) is 2. The van der Waals surface area contributed by atoms with Crippen molar-refractivity contribution in [1.82, 2.24) is 4.90 Å². The van der Waals surface area contributed by atoms with Crippen molar-refractivity contribution >= 4 is 29.3 Å². The third-order valence-electron chi connectivity index (χ3n) is 1.90. The molecule has 0 saturated heterocycles. The molecule has 16 heavy (non-hydrogen) atoms. The molecule has 1 aromatic rings. The van der Waals surface area contributed by atoms with Gasteiger partial charge in [0.25, 0.3) is 0 Å². The van der Waals surface area contributed by atoms with E-state index in [1.807, 2.05) is 0 Å². The van der Waals surface area contributed by atoms with Crippen molar-refractivity contribution in [2.45, 2.75) is 0 Å². The molecule has 0 bridgehead atoms. The van der Waals surface area contributed by atoms with Crippen LogP contribution >= 0.6 is 23.2 Å². The van der Waals surface area contributed by atoms with E-state index in [4.69, 9.17) is 33.0 Å². The molecule has 1 N–H and O–H groups in total. The monoisotopic (exact) mass is 263 g/mol. The van der Waals surface area contributed by atoms with Crippen LogP contribution in [0.3, 0.4) is 0 Å². The van der Waals surface area contributed by atoms with E-state index >= 15 is 0 Å². The Hall–Kier alpha value is -1.13. The van der Waals surface area contributed by atoms with Gasteiger partial charge in [-0.3, -0.25) is 0 Å².